The van der Waals surface area contributed by atoms with Crippen molar-refractivity contribution in [1.29, 1.82) is 0 Å². The molecule has 3 aromatic rings. The Labute approximate surface area is 203 Å². The van der Waals surface area contributed by atoms with Gasteiger partial charge >= 0.3 is 0 Å². The zero-order valence-corrected chi connectivity index (χ0v) is 20.3. The van der Waals surface area contributed by atoms with Crippen LogP contribution in [0.4, 0.5) is 0 Å². The highest BCUT2D eigenvalue weighted by atomic mass is 32.2. The van der Waals surface area contributed by atoms with Gasteiger partial charge in [0, 0.05) is 36.5 Å². The second kappa shape index (κ2) is 10.9. The summed E-state index contributed by atoms with van der Waals surface area (Å²) in [5.41, 5.74) is 1.26. The Kier molecular flexibility index (Phi) is 7.77. The van der Waals surface area contributed by atoms with Crippen molar-refractivity contribution < 1.29 is 18.0 Å². The number of sulfonamides is 1. The molecule has 0 radical (unpaired) electrons. The van der Waals surface area contributed by atoms with E-state index in [9.17, 15) is 18.0 Å². The molecule has 2 amide bonds. The highest BCUT2D eigenvalue weighted by Gasteiger charge is 2.25. The van der Waals surface area contributed by atoms with Crippen molar-refractivity contribution in [2.75, 3.05) is 19.6 Å². The lowest BCUT2D eigenvalue weighted by Crippen LogP contribution is -2.38. The molecule has 1 unspecified atom stereocenters. The molecule has 0 bridgehead atoms. The van der Waals surface area contributed by atoms with Crippen LogP contribution >= 0.6 is 11.3 Å². The van der Waals surface area contributed by atoms with Crippen LogP contribution in [-0.4, -0.2) is 44.8 Å². The van der Waals surface area contributed by atoms with Crippen molar-refractivity contribution in [3.8, 4) is 0 Å². The average molecular weight is 498 g/mol. The van der Waals surface area contributed by atoms with E-state index >= 15 is 0 Å². The Bertz CT molecular complexity index is 1210. The predicted octanol–water partition coefficient (Wildman–Crippen LogP) is 3.36. The van der Waals surface area contributed by atoms with Crippen LogP contribution in [0.2, 0.25) is 0 Å². The molecular weight excluding hydrogens is 470 g/mol. The third-order valence-electron chi connectivity index (χ3n) is 5.75. The fraction of sp³-hybridized carbons (Fsp3) is 0.280. The molecule has 1 aliphatic rings. The topological polar surface area (TPSA) is 95.6 Å². The molecule has 178 valence electrons. The summed E-state index contributed by atoms with van der Waals surface area (Å²) in [5, 5.41) is 4.97. The molecule has 7 nitrogen and oxygen atoms in total. The molecule has 9 heteroatoms. The zero-order chi connectivity index (χ0) is 24.0. The van der Waals surface area contributed by atoms with Gasteiger partial charge in [0.15, 0.2) is 0 Å². The van der Waals surface area contributed by atoms with E-state index in [2.05, 4.69) is 10.0 Å². The molecule has 1 fully saturated rings. The average Bonchev–Trinajstić information content (AvgIpc) is 3.51. The van der Waals surface area contributed by atoms with Gasteiger partial charge in [-0.25, -0.2) is 13.1 Å². The van der Waals surface area contributed by atoms with Crippen LogP contribution < -0.4 is 10.0 Å². The van der Waals surface area contributed by atoms with E-state index in [4.69, 9.17) is 0 Å². The first kappa shape index (κ1) is 24.1. The van der Waals surface area contributed by atoms with Crippen molar-refractivity contribution in [2.45, 2.75) is 30.2 Å². The van der Waals surface area contributed by atoms with Crippen LogP contribution in [0, 0.1) is 0 Å². The van der Waals surface area contributed by atoms with Crippen LogP contribution in [-0.2, 0) is 21.2 Å². The predicted molar refractivity (Wildman–Crippen MR) is 132 cm³/mol. The molecule has 0 saturated carbocycles. The molecule has 1 aliphatic heterocycles. The lowest BCUT2D eigenvalue weighted by Gasteiger charge is -2.25. The first-order chi connectivity index (χ1) is 16.4. The fourth-order valence-corrected chi connectivity index (χ4v) is 5.65. The van der Waals surface area contributed by atoms with E-state index in [0.717, 1.165) is 16.9 Å². The summed E-state index contributed by atoms with van der Waals surface area (Å²) >= 11 is 1.59. The molecule has 2 heterocycles. The highest BCUT2D eigenvalue weighted by molar-refractivity contribution is 7.89. The number of likely N-dealkylation sites (tertiary alicyclic amines) is 1. The maximum atomic E-state index is 13.0. The van der Waals surface area contributed by atoms with Crippen LogP contribution in [0.5, 0.6) is 0 Å². The molecule has 1 aromatic heterocycles. The van der Waals surface area contributed by atoms with Gasteiger partial charge in [-0.3, -0.25) is 9.59 Å². The van der Waals surface area contributed by atoms with Gasteiger partial charge in [0.2, 0.25) is 15.9 Å². The Morgan fingerprint density at radius 2 is 1.79 bits per heavy atom. The summed E-state index contributed by atoms with van der Waals surface area (Å²) in [6, 6.07) is 18.9. The van der Waals surface area contributed by atoms with Crippen LogP contribution in [0.25, 0.3) is 0 Å². The van der Waals surface area contributed by atoms with Gasteiger partial charge in [0.25, 0.3) is 5.91 Å². The van der Waals surface area contributed by atoms with Crippen molar-refractivity contribution in [3.05, 3.63) is 88.1 Å². The Balaban J connectivity index is 1.41. The first-order valence-electron chi connectivity index (χ1n) is 11.2. The maximum Gasteiger partial charge on any atom is 0.251 e. The van der Waals surface area contributed by atoms with Crippen LogP contribution in [0.15, 0.2) is 77.0 Å². The molecule has 2 aromatic carbocycles. The molecule has 34 heavy (non-hydrogen) atoms. The van der Waals surface area contributed by atoms with Crippen molar-refractivity contribution in [2.24, 2.45) is 0 Å². The van der Waals surface area contributed by atoms with Crippen molar-refractivity contribution in [3.63, 3.8) is 0 Å². The molecule has 1 saturated heterocycles. The monoisotopic (exact) mass is 497 g/mol. The van der Waals surface area contributed by atoms with Crippen molar-refractivity contribution >= 4 is 33.2 Å². The quantitative estimate of drug-likeness (QED) is 0.449. The number of amides is 2. The third kappa shape index (κ3) is 6.11. The van der Waals surface area contributed by atoms with Gasteiger partial charge in [-0.15, -0.1) is 11.3 Å². The molecule has 2 N–H and O–H groups in total. The van der Waals surface area contributed by atoms with E-state index in [1.165, 1.54) is 24.3 Å². The van der Waals surface area contributed by atoms with Crippen molar-refractivity contribution in [1.82, 2.24) is 14.9 Å². The van der Waals surface area contributed by atoms with E-state index in [0.29, 0.717) is 38.0 Å². The Morgan fingerprint density at radius 3 is 2.44 bits per heavy atom. The largest absolute Gasteiger partial charge is 0.343 e. The standard InChI is InChI=1S/C25H27N3O4S2/c29-24-9-4-16-28(24)18-23(19-6-2-1-3-7-19)27-25(30)20-10-12-22(13-11-20)34(31,32)26-15-14-21-8-5-17-33-21/h1-3,5-8,10-13,17,23,26H,4,9,14-16,18H2,(H,27,30). The summed E-state index contributed by atoms with van der Waals surface area (Å²) in [6.45, 7) is 1.39. The van der Waals surface area contributed by atoms with Gasteiger partial charge in [-0.05, 0) is 54.1 Å². The van der Waals surface area contributed by atoms with E-state index in [1.54, 1.807) is 16.2 Å². The van der Waals surface area contributed by atoms with E-state index in [1.807, 2.05) is 47.8 Å². The minimum absolute atomic E-state index is 0.0938. The SMILES string of the molecule is O=C(NC(CN1CCCC1=O)c1ccccc1)c1ccc(S(=O)(=O)NCCc2cccs2)cc1. The molecule has 1 atom stereocenters. The second-order valence-electron chi connectivity index (χ2n) is 8.13. The lowest BCUT2D eigenvalue weighted by atomic mass is 10.1. The second-order valence-corrected chi connectivity index (χ2v) is 10.9. The number of thiophene rings is 1. The summed E-state index contributed by atoms with van der Waals surface area (Å²) in [4.78, 5) is 28.1. The Hall–Kier alpha value is -3.01. The number of nitrogens with one attached hydrogen (secondary N) is 2. The summed E-state index contributed by atoms with van der Waals surface area (Å²) in [6.07, 6.45) is 1.98. The molecule has 0 spiro atoms. The molecular formula is C25H27N3O4S2. The maximum absolute atomic E-state index is 13.0. The van der Waals surface area contributed by atoms with Gasteiger partial charge in [-0.1, -0.05) is 36.4 Å². The van der Waals surface area contributed by atoms with Crippen LogP contribution in [0.1, 0.15) is 39.7 Å². The minimum atomic E-state index is -3.67. The summed E-state index contributed by atoms with van der Waals surface area (Å²) in [7, 11) is -3.67. The number of carbonyl (C=O) groups is 2. The fourth-order valence-electron chi connectivity index (χ4n) is 3.91. The number of hydrogen-bond donors (Lipinski definition) is 2. The minimum Gasteiger partial charge on any atom is -0.343 e. The first-order valence-corrected chi connectivity index (χ1v) is 13.5. The smallest absolute Gasteiger partial charge is 0.251 e. The number of benzene rings is 2. The van der Waals surface area contributed by atoms with E-state index < -0.39 is 10.0 Å². The number of hydrogen-bond acceptors (Lipinski definition) is 5. The zero-order valence-electron chi connectivity index (χ0n) is 18.6. The number of carbonyl (C=O) groups excluding carboxylic acids is 2. The lowest BCUT2D eigenvalue weighted by molar-refractivity contribution is -0.128. The number of rotatable bonds is 10. The van der Waals surface area contributed by atoms with Gasteiger partial charge < -0.3 is 10.2 Å². The van der Waals surface area contributed by atoms with Gasteiger partial charge in [-0.2, -0.15) is 0 Å². The molecule has 4 rings (SSSR count). The normalized spacial score (nSPS) is 14.8. The Morgan fingerprint density at radius 1 is 1.03 bits per heavy atom. The summed E-state index contributed by atoms with van der Waals surface area (Å²) < 4.78 is 27.8. The number of nitrogens with zero attached hydrogens (tertiary/aromatic N) is 1. The third-order valence-corrected chi connectivity index (χ3v) is 8.17. The van der Waals surface area contributed by atoms with Gasteiger partial charge in [0.05, 0.1) is 10.9 Å². The van der Waals surface area contributed by atoms with E-state index in [-0.39, 0.29) is 22.8 Å². The van der Waals surface area contributed by atoms with Crippen LogP contribution in [0.3, 0.4) is 0 Å². The van der Waals surface area contributed by atoms with Gasteiger partial charge in [0.1, 0.15) is 0 Å². The summed E-state index contributed by atoms with van der Waals surface area (Å²) in [5.74, 6) is -0.230. The molecule has 0 aliphatic carbocycles. The highest BCUT2D eigenvalue weighted by Crippen LogP contribution is 2.20.